The second kappa shape index (κ2) is 10.1. The fraction of sp³-hybridized carbons (Fsp3) is 0.0800. The molecule has 1 N–H and O–H groups in total. The van der Waals surface area contributed by atoms with E-state index in [1.807, 2.05) is 6.07 Å². The van der Waals surface area contributed by atoms with Crippen LogP contribution >= 0.6 is 27.7 Å². The third-order valence-corrected chi connectivity index (χ3v) is 6.50. The number of hydrogen-bond donors (Lipinski definition) is 1. The number of ether oxygens (including phenoxy) is 2. The SMILES string of the molecule is COc1cc(/C=C2/SC(=O)N(c3ccccc3)C2=O)c(Br)cc1OCc1cccc(C(=O)O)c1. The number of rotatable bonds is 7. The largest absolute Gasteiger partial charge is 0.493 e. The van der Waals surface area contributed by atoms with Crippen molar-refractivity contribution in [2.45, 2.75) is 6.61 Å². The molecule has 0 aromatic heterocycles. The fourth-order valence-corrected chi connectivity index (χ4v) is 4.57. The molecule has 0 saturated carbocycles. The number of anilines is 1. The lowest BCUT2D eigenvalue weighted by Crippen LogP contribution is -2.27. The van der Waals surface area contributed by atoms with Gasteiger partial charge < -0.3 is 14.6 Å². The number of thioether (sulfide) groups is 1. The highest BCUT2D eigenvalue weighted by Crippen LogP contribution is 2.39. The van der Waals surface area contributed by atoms with Gasteiger partial charge in [0, 0.05) is 4.47 Å². The molecule has 0 unspecified atom stereocenters. The van der Waals surface area contributed by atoms with E-state index >= 15 is 0 Å². The van der Waals surface area contributed by atoms with E-state index in [0.717, 1.165) is 16.7 Å². The van der Waals surface area contributed by atoms with Gasteiger partial charge in [-0.25, -0.2) is 9.69 Å². The first-order valence-corrected chi connectivity index (χ1v) is 11.6. The maximum atomic E-state index is 12.9. The van der Waals surface area contributed by atoms with Crippen LogP contribution in [0.25, 0.3) is 6.08 Å². The summed E-state index contributed by atoms with van der Waals surface area (Å²) in [6.45, 7) is 0.138. The van der Waals surface area contributed by atoms with E-state index in [1.54, 1.807) is 60.7 Å². The van der Waals surface area contributed by atoms with Crippen LogP contribution in [0.1, 0.15) is 21.5 Å². The molecule has 7 nitrogen and oxygen atoms in total. The number of methoxy groups -OCH3 is 1. The Morgan fingerprint density at radius 2 is 1.82 bits per heavy atom. The highest BCUT2D eigenvalue weighted by molar-refractivity contribution is 9.10. The maximum absolute atomic E-state index is 12.9. The number of carbonyl (C=O) groups excluding carboxylic acids is 2. The number of benzene rings is 3. The standard InChI is InChI=1S/C25H18BrNO6S/c1-32-20-11-17(12-22-23(28)27(25(31)34-22)18-8-3-2-4-9-18)19(26)13-21(20)33-14-15-6-5-7-16(10-15)24(29)30/h2-13H,14H2,1H3,(H,29,30)/b22-12+. The van der Waals surface area contributed by atoms with Crippen LogP contribution in [-0.2, 0) is 11.4 Å². The Balaban J connectivity index is 1.57. The highest BCUT2D eigenvalue weighted by atomic mass is 79.9. The van der Waals surface area contributed by atoms with Crippen molar-refractivity contribution in [2.75, 3.05) is 12.0 Å². The summed E-state index contributed by atoms with van der Waals surface area (Å²) in [6, 6.07) is 18.6. The maximum Gasteiger partial charge on any atom is 0.335 e. The molecule has 0 aliphatic carbocycles. The van der Waals surface area contributed by atoms with E-state index < -0.39 is 11.9 Å². The van der Waals surface area contributed by atoms with E-state index in [2.05, 4.69) is 15.9 Å². The topological polar surface area (TPSA) is 93.1 Å². The quantitative estimate of drug-likeness (QED) is 0.369. The Kier molecular flexibility index (Phi) is 7.04. The van der Waals surface area contributed by atoms with Crippen molar-refractivity contribution in [3.8, 4) is 11.5 Å². The zero-order chi connectivity index (χ0) is 24.2. The van der Waals surface area contributed by atoms with Crippen molar-refractivity contribution < 1.29 is 29.0 Å². The van der Waals surface area contributed by atoms with Crippen LogP contribution < -0.4 is 14.4 Å². The molecule has 3 aromatic rings. The smallest absolute Gasteiger partial charge is 0.335 e. The molecule has 1 aliphatic rings. The van der Waals surface area contributed by atoms with Crippen molar-refractivity contribution in [3.63, 3.8) is 0 Å². The molecule has 1 saturated heterocycles. The van der Waals surface area contributed by atoms with Gasteiger partial charge in [-0.05, 0) is 65.4 Å². The van der Waals surface area contributed by atoms with Crippen molar-refractivity contribution in [2.24, 2.45) is 0 Å². The minimum Gasteiger partial charge on any atom is -0.493 e. The van der Waals surface area contributed by atoms with Crippen molar-refractivity contribution in [1.29, 1.82) is 0 Å². The Bertz CT molecular complexity index is 1310. The molecular weight excluding hydrogens is 522 g/mol. The summed E-state index contributed by atoms with van der Waals surface area (Å²) in [5.41, 5.74) is 2.02. The van der Waals surface area contributed by atoms with E-state index in [1.165, 1.54) is 13.2 Å². The molecule has 0 radical (unpaired) electrons. The van der Waals surface area contributed by atoms with Gasteiger partial charge in [-0.3, -0.25) is 9.59 Å². The predicted molar refractivity (Wildman–Crippen MR) is 133 cm³/mol. The number of carboxylic acid groups (broad SMARTS) is 1. The molecule has 34 heavy (non-hydrogen) atoms. The summed E-state index contributed by atoms with van der Waals surface area (Å²) in [4.78, 5) is 38.0. The predicted octanol–water partition coefficient (Wildman–Crippen LogP) is 5.98. The molecular formula is C25H18BrNO6S. The minimum atomic E-state index is -1.01. The van der Waals surface area contributed by atoms with Crippen molar-refractivity contribution in [3.05, 3.63) is 92.8 Å². The number of carbonyl (C=O) groups is 3. The van der Waals surface area contributed by atoms with Crippen LogP contribution in [-0.4, -0.2) is 29.3 Å². The van der Waals surface area contributed by atoms with Gasteiger partial charge in [0.2, 0.25) is 0 Å². The highest BCUT2D eigenvalue weighted by Gasteiger charge is 2.36. The number of carboxylic acids is 1. The number of para-hydroxylation sites is 1. The van der Waals surface area contributed by atoms with Crippen LogP contribution in [0.5, 0.6) is 11.5 Å². The van der Waals surface area contributed by atoms with Gasteiger partial charge >= 0.3 is 5.97 Å². The van der Waals surface area contributed by atoms with Gasteiger partial charge in [0.1, 0.15) is 6.61 Å². The van der Waals surface area contributed by atoms with Crippen LogP contribution in [0.3, 0.4) is 0 Å². The lowest BCUT2D eigenvalue weighted by Gasteiger charge is -2.13. The number of nitrogens with zero attached hydrogens (tertiary/aromatic N) is 1. The molecule has 0 atom stereocenters. The zero-order valence-electron chi connectivity index (χ0n) is 17.9. The first kappa shape index (κ1) is 23.6. The number of aromatic carboxylic acids is 1. The number of hydrogen-bond acceptors (Lipinski definition) is 6. The Labute approximate surface area is 208 Å². The molecule has 1 fully saturated rings. The molecule has 3 aromatic carbocycles. The Morgan fingerprint density at radius 1 is 1.06 bits per heavy atom. The molecule has 1 heterocycles. The van der Waals surface area contributed by atoms with E-state index in [-0.39, 0.29) is 22.3 Å². The normalized spacial score (nSPS) is 14.5. The van der Waals surface area contributed by atoms with Gasteiger partial charge in [0.25, 0.3) is 11.1 Å². The molecule has 9 heteroatoms. The average Bonchev–Trinajstić information content (AvgIpc) is 3.12. The average molecular weight is 540 g/mol. The third-order valence-electron chi connectivity index (χ3n) is 4.95. The van der Waals surface area contributed by atoms with Gasteiger partial charge in [-0.2, -0.15) is 0 Å². The zero-order valence-corrected chi connectivity index (χ0v) is 20.3. The minimum absolute atomic E-state index is 0.138. The van der Waals surface area contributed by atoms with Gasteiger partial charge in [0.05, 0.1) is 23.3 Å². The number of imide groups is 1. The second-order valence-corrected chi connectivity index (χ2v) is 9.02. The summed E-state index contributed by atoms with van der Waals surface area (Å²) >= 11 is 4.36. The molecule has 172 valence electrons. The number of halogens is 1. The van der Waals surface area contributed by atoms with Crippen molar-refractivity contribution >= 4 is 56.6 Å². The molecule has 2 amide bonds. The van der Waals surface area contributed by atoms with Crippen LogP contribution in [0, 0.1) is 0 Å². The Morgan fingerprint density at radius 3 is 2.53 bits per heavy atom. The summed E-state index contributed by atoms with van der Waals surface area (Å²) in [7, 11) is 1.49. The molecule has 1 aliphatic heterocycles. The molecule has 4 rings (SSSR count). The summed E-state index contributed by atoms with van der Waals surface area (Å²) in [6.07, 6.45) is 1.63. The third kappa shape index (κ3) is 5.00. The van der Waals surface area contributed by atoms with Gasteiger partial charge in [0.15, 0.2) is 11.5 Å². The fourth-order valence-electron chi connectivity index (χ4n) is 3.30. The van der Waals surface area contributed by atoms with E-state index in [9.17, 15) is 14.4 Å². The van der Waals surface area contributed by atoms with Crippen molar-refractivity contribution in [1.82, 2.24) is 0 Å². The van der Waals surface area contributed by atoms with Crippen LogP contribution in [0.15, 0.2) is 76.1 Å². The lowest BCUT2D eigenvalue weighted by molar-refractivity contribution is -0.113. The summed E-state index contributed by atoms with van der Waals surface area (Å²) in [5.74, 6) is -0.551. The summed E-state index contributed by atoms with van der Waals surface area (Å²) in [5, 5.41) is 8.79. The van der Waals surface area contributed by atoms with Crippen LogP contribution in [0.2, 0.25) is 0 Å². The monoisotopic (exact) mass is 539 g/mol. The van der Waals surface area contributed by atoms with Gasteiger partial charge in [-0.1, -0.05) is 46.3 Å². The van der Waals surface area contributed by atoms with Crippen LogP contribution in [0.4, 0.5) is 10.5 Å². The van der Waals surface area contributed by atoms with Gasteiger partial charge in [-0.15, -0.1) is 0 Å². The number of amides is 2. The first-order chi connectivity index (χ1) is 16.4. The lowest BCUT2D eigenvalue weighted by atomic mass is 10.1. The van der Waals surface area contributed by atoms with E-state index in [0.29, 0.717) is 32.8 Å². The Hall–Kier alpha value is -3.56. The summed E-state index contributed by atoms with van der Waals surface area (Å²) < 4.78 is 12.0. The first-order valence-electron chi connectivity index (χ1n) is 10.0. The molecule has 0 bridgehead atoms. The second-order valence-electron chi connectivity index (χ2n) is 7.17. The molecule has 0 spiro atoms. The van der Waals surface area contributed by atoms with E-state index in [4.69, 9.17) is 14.6 Å².